The maximum atomic E-state index is 11.7. The Morgan fingerprint density at radius 1 is 1.18 bits per heavy atom. The molecule has 0 aromatic rings. The van der Waals surface area contributed by atoms with Crippen molar-refractivity contribution in [3.8, 4) is 0 Å². The summed E-state index contributed by atoms with van der Waals surface area (Å²) in [5.41, 5.74) is 0. The Kier molecular flexibility index (Phi) is 4.66. The number of carbonyl (C=O) groups is 1. The molecule has 2 rings (SSSR count). The molecule has 2 fully saturated rings. The van der Waals surface area contributed by atoms with Crippen molar-refractivity contribution in [2.75, 3.05) is 13.2 Å². The molecule has 0 spiro atoms. The van der Waals surface area contributed by atoms with Gasteiger partial charge in [-0.3, -0.25) is 0 Å². The zero-order chi connectivity index (χ0) is 12.1. The molecule has 2 unspecified atom stereocenters. The van der Waals surface area contributed by atoms with Gasteiger partial charge in [0.15, 0.2) is 0 Å². The summed E-state index contributed by atoms with van der Waals surface area (Å²) in [5.74, 6) is 1.10. The summed E-state index contributed by atoms with van der Waals surface area (Å²) in [6.45, 7) is 0.972. The normalized spacial score (nSPS) is 28.8. The van der Waals surface area contributed by atoms with Crippen LogP contribution in [0.5, 0.6) is 0 Å². The van der Waals surface area contributed by atoms with Crippen molar-refractivity contribution < 1.29 is 9.90 Å². The van der Waals surface area contributed by atoms with E-state index in [-0.39, 0.29) is 24.6 Å². The molecule has 0 saturated heterocycles. The molecule has 0 aliphatic heterocycles. The lowest BCUT2D eigenvalue weighted by molar-refractivity contribution is 0.153. The number of amides is 2. The van der Waals surface area contributed by atoms with Crippen molar-refractivity contribution in [2.24, 2.45) is 11.8 Å². The number of carbonyl (C=O) groups excluding carboxylic acids is 1. The Hall–Kier alpha value is -0.770. The van der Waals surface area contributed by atoms with E-state index in [4.69, 9.17) is 0 Å². The number of urea groups is 1. The molecule has 2 saturated carbocycles. The van der Waals surface area contributed by atoms with Crippen LogP contribution in [-0.4, -0.2) is 30.3 Å². The van der Waals surface area contributed by atoms with Crippen LogP contribution in [0.4, 0.5) is 4.79 Å². The van der Waals surface area contributed by atoms with E-state index in [0.29, 0.717) is 0 Å². The fraction of sp³-hybridized carbons (Fsp3) is 0.923. The molecule has 17 heavy (non-hydrogen) atoms. The van der Waals surface area contributed by atoms with E-state index < -0.39 is 0 Å². The lowest BCUT2D eigenvalue weighted by Crippen LogP contribution is -2.47. The molecule has 0 bridgehead atoms. The summed E-state index contributed by atoms with van der Waals surface area (Å²) >= 11 is 0. The molecule has 98 valence electrons. The Bertz CT molecular complexity index is 254. The van der Waals surface area contributed by atoms with Gasteiger partial charge in [-0.05, 0) is 25.2 Å². The maximum Gasteiger partial charge on any atom is 0.315 e. The number of nitrogens with one attached hydrogen (secondary N) is 2. The average Bonchev–Trinajstić information content (AvgIpc) is 3.14. The lowest BCUT2D eigenvalue weighted by Gasteiger charge is -2.30. The van der Waals surface area contributed by atoms with E-state index in [9.17, 15) is 9.90 Å². The highest BCUT2D eigenvalue weighted by molar-refractivity contribution is 5.74. The fourth-order valence-corrected chi connectivity index (χ4v) is 2.63. The van der Waals surface area contributed by atoms with Crippen molar-refractivity contribution in [3.05, 3.63) is 0 Å². The van der Waals surface area contributed by atoms with Crippen LogP contribution < -0.4 is 10.6 Å². The van der Waals surface area contributed by atoms with E-state index >= 15 is 0 Å². The van der Waals surface area contributed by atoms with Crippen LogP contribution in [0, 0.1) is 11.8 Å². The first-order valence-electron chi connectivity index (χ1n) is 6.95. The monoisotopic (exact) mass is 240 g/mol. The van der Waals surface area contributed by atoms with Crippen molar-refractivity contribution in [1.82, 2.24) is 10.6 Å². The number of aliphatic hydroxyl groups is 1. The van der Waals surface area contributed by atoms with Gasteiger partial charge in [0.25, 0.3) is 0 Å². The van der Waals surface area contributed by atoms with Crippen molar-refractivity contribution in [2.45, 2.75) is 51.0 Å². The van der Waals surface area contributed by atoms with Crippen molar-refractivity contribution in [3.63, 3.8) is 0 Å². The smallest absolute Gasteiger partial charge is 0.315 e. The lowest BCUT2D eigenvalue weighted by atomic mass is 9.85. The number of hydrogen-bond acceptors (Lipinski definition) is 2. The van der Waals surface area contributed by atoms with Gasteiger partial charge in [-0.15, -0.1) is 0 Å². The van der Waals surface area contributed by atoms with E-state index in [0.717, 1.165) is 38.1 Å². The second-order valence-corrected chi connectivity index (χ2v) is 5.47. The molecular weight excluding hydrogens is 216 g/mol. The van der Waals surface area contributed by atoms with Gasteiger partial charge < -0.3 is 15.7 Å². The molecule has 2 atom stereocenters. The molecule has 0 aromatic heterocycles. The SMILES string of the molecule is O=C(NCCC1CC1)NC1CCCCC1CO. The first-order valence-corrected chi connectivity index (χ1v) is 6.95. The van der Waals surface area contributed by atoms with Crippen LogP contribution >= 0.6 is 0 Å². The topological polar surface area (TPSA) is 61.4 Å². The van der Waals surface area contributed by atoms with Gasteiger partial charge in [-0.1, -0.05) is 25.7 Å². The highest BCUT2D eigenvalue weighted by Gasteiger charge is 2.26. The van der Waals surface area contributed by atoms with Gasteiger partial charge in [0, 0.05) is 25.1 Å². The molecule has 4 heteroatoms. The molecule has 3 N–H and O–H groups in total. The number of aliphatic hydroxyl groups excluding tert-OH is 1. The van der Waals surface area contributed by atoms with Crippen LogP contribution in [0.3, 0.4) is 0 Å². The van der Waals surface area contributed by atoms with Gasteiger partial charge in [-0.2, -0.15) is 0 Å². The number of rotatable bonds is 5. The van der Waals surface area contributed by atoms with Gasteiger partial charge in [0.05, 0.1) is 0 Å². The highest BCUT2D eigenvalue weighted by atomic mass is 16.3. The second kappa shape index (κ2) is 6.24. The first-order chi connectivity index (χ1) is 8.29. The third-order valence-corrected chi connectivity index (χ3v) is 4.00. The molecule has 2 aliphatic rings. The number of hydrogen-bond donors (Lipinski definition) is 3. The zero-order valence-electron chi connectivity index (χ0n) is 10.5. The molecule has 0 radical (unpaired) electrons. The van der Waals surface area contributed by atoms with Crippen LogP contribution in [-0.2, 0) is 0 Å². The summed E-state index contributed by atoms with van der Waals surface area (Å²) in [4.78, 5) is 11.7. The largest absolute Gasteiger partial charge is 0.396 e. The van der Waals surface area contributed by atoms with E-state index in [1.54, 1.807) is 0 Å². The summed E-state index contributed by atoms with van der Waals surface area (Å²) < 4.78 is 0. The first kappa shape index (κ1) is 12.7. The van der Waals surface area contributed by atoms with Gasteiger partial charge in [0.1, 0.15) is 0 Å². The van der Waals surface area contributed by atoms with Crippen molar-refractivity contribution >= 4 is 6.03 Å². The zero-order valence-corrected chi connectivity index (χ0v) is 10.5. The minimum Gasteiger partial charge on any atom is -0.396 e. The minimum absolute atomic E-state index is 0.0593. The van der Waals surface area contributed by atoms with Gasteiger partial charge in [0.2, 0.25) is 0 Å². The average molecular weight is 240 g/mol. The van der Waals surface area contributed by atoms with Gasteiger partial charge in [-0.25, -0.2) is 4.79 Å². The summed E-state index contributed by atoms with van der Waals surface area (Å²) in [7, 11) is 0. The molecule has 4 nitrogen and oxygen atoms in total. The molecule has 0 heterocycles. The molecule has 0 aromatic carbocycles. The Morgan fingerprint density at radius 2 is 1.94 bits per heavy atom. The third-order valence-electron chi connectivity index (χ3n) is 4.00. The second-order valence-electron chi connectivity index (χ2n) is 5.47. The van der Waals surface area contributed by atoms with E-state index in [2.05, 4.69) is 10.6 Å². The van der Waals surface area contributed by atoms with Crippen LogP contribution in [0.15, 0.2) is 0 Å². The standard InChI is InChI=1S/C13H24N2O2/c16-9-11-3-1-2-4-12(11)15-13(17)14-8-7-10-5-6-10/h10-12,16H,1-9H2,(H2,14,15,17). The van der Waals surface area contributed by atoms with Crippen LogP contribution in [0.25, 0.3) is 0 Å². The van der Waals surface area contributed by atoms with E-state index in [1.807, 2.05) is 0 Å². The van der Waals surface area contributed by atoms with Gasteiger partial charge >= 0.3 is 6.03 Å². The summed E-state index contributed by atoms with van der Waals surface area (Å²) in [5, 5.41) is 15.2. The fourth-order valence-electron chi connectivity index (χ4n) is 2.63. The maximum absolute atomic E-state index is 11.7. The quantitative estimate of drug-likeness (QED) is 0.684. The summed E-state index contributed by atoms with van der Waals surface area (Å²) in [6.07, 6.45) is 8.14. The third kappa shape index (κ3) is 4.19. The summed E-state index contributed by atoms with van der Waals surface area (Å²) in [6, 6.07) is 0.102. The predicted molar refractivity (Wildman–Crippen MR) is 66.7 cm³/mol. The molecule has 2 amide bonds. The molecule has 2 aliphatic carbocycles. The van der Waals surface area contributed by atoms with Crippen molar-refractivity contribution in [1.29, 1.82) is 0 Å². The predicted octanol–water partition coefficient (Wildman–Crippen LogP) is 1.64. The van der Waals surface area contributed by atoms with Crippen LogP contribution in [0.2, 0.25) is 0 Å². The highest BCUT2D eigenvalue weighted by Crippen LogP contribution is 2.31. The molecular formula is C13H24N2O2. The Labute approximate surface area is 103 Å². The Balaban J connectivity index is 1.64. The Morgan fingerprint density at radius 3 is 2.65 bits per heavy atom. The minimum atomic E-state index is -0.0593. The van der Waals surface area contributed by atoms with Crippen LogP contribution in [0.1, 0.15) is 44.9 Å². The van der Waals surface area contributed by atoms with E-state index in [1.165, 1.54) is 19.3 Å².